The molecule has 1 aromatic heterocycles. The van der Waals surface area contributed by atoms with E-state index in [2.05, 4.69) is 46.4 Å². The van der Waals surface area contributed by atoms with E-state index in [1.807, 2.05) is 6.07 Å². The van der Waals surface area contributed by atoms with E-state index < -0.39 is 0 Å². The van der Waals surface area contributed by atoms with Crippen molar-refractivity contribution in [2.45, 2.75) is 26.3 Å². The number of unbranched alkanes of at least 4 members (excludes halogenated alkanes) is 1. The van der Waals surface area contributed by atoms with Crippen LogP contribution in [0.5, 0.6) is 5.88 Å². The maximum atomic E-state index is 5.29. The number of ether oxygens (including phenoxy) is 1. The Morgan fingerprint density at radius 3 is 2.88 bits per heavy atom. The van der Waals surface area contributed by atoms with Crippen molar-refractivity contribution >= 4 is 22.6 Å². The summed E-state index contributed by atoms with van der Waals surface area (Å²) in [4.78, 5) is 6.55. The average molecular weight is 334 g/mol. The van der Waals surface area contributed by atoms with Gasteiger partial charge in [-0.05, 0) is 48.7 Å². The number of rotatable bonds is 6. The molecule has 16 heavy (non-hydrogen) atoms. The van der Waals surface area contributed by atoms with Crippen molar-refractivity contribution < 1.29 is 4.74 Å². The normalized spacial score (nSPS) is 10.8. The molecule has 0 unspecified atom stereocenters. The summed E-state index contributed by atoms with van der Waals surface area (Å²) in [5.74, 6) is 0.746. The van der Waals surface area contributed by atoms with E-state index in [1.165, 1.54) is 22.0 Å². The quantitative estimate of drug-likeness (QED) is 0.748. The van der Waals surface area contributed by atoms with E-state index in [0.717, 1.165) is 19.0 Å². The first-order valence-electron chi connectivity index (χ1n) is 5.55. The van der Waals surface area contributed by atoms with Crippen LogP contribution in [0.15, 0.2) is 12.3 Å². The summed E-state index contributed by atoms with van der Waals surface area (Å²) in [7, 11) is 3.81. The summed E-state index contributed by atoms with van der Waals surface area (Å²) < 4.78 is 6.50. The van der Waals surface area contributed by atoms with Gasteiger partial charge < -0.3 is 9.64 Å². The van der Waals surface area contributed by atoms with Gasteiger partial charge in [-0.3, -0.25) is 0 Å². The van der Waals surface area contributed by atoms with Crippen molar-refractivity contribution in [2.24, 2.45) is 0 Å². The monoisotopic (exact) mass is 334 g/mol. The third kappa shape index (κ3) is 3.90. The molecule has 90 valence electrons. The Bertz CT molecular complexity index is 331. The fraction of sp³-hybridized carbons (Fsp3) is 0.583. The standard InChI is InChI=1S/C12H19IN2O/c1-4-5-8-15(2)9-10-11(13)6-7-14-12(10)16-3/h6-7H,4-5,8-9H2,1-3H3. The van der Waals surface area contributed by atoms with E-state index in [4.69, 9.17) is 4.74 Å². The maximum Gasteiger partial charge on any atom is 0.218 e. The van der Waals surface area contributed by atoms with Gasteiger partial charge in [-0.25, -0.2) is 4.98 Å². The first kappa shape index (κ1) is 13.7. The van der Waals surface area contributed by atoms with Crippen molar-refractivity contribution in [1.82, 2.24) is 9.88 Å². The lowest BCUT2D eigenvalue weighted by Gasteiger charge is -2.18. The smallest absolute Gasteiger partial charge is 0.218 e. The lowest BCUT2D eigenvalue weighted by Crippen LogP contribution is -2.20. The summed E-state index contributed by atoms with van der Waals surface area (Å²) in [6.07, 6.45) is 4.25. The SMILES string of the molecule is CCCCN(C)Cc1c(I)ccnc1OC. The van der Waals surface area contributed by atoms with Crippen LogP contribution in [-0.2, 0) is 6.54 Å². The first-order chi connectivity index (χ1) is 7.69. The fourth-order valence-corrected chi connectivity index (χ4v) is 2.11. The Labute approximate surface area is 111 Å². The molecule has 1 rings (SSSR count). The molecule has 0 radical (unpaired) electrons. The molecule has 0 aliphatic heterocycles. The summed E-state index contributed by atoms with van der Waals surface area (Å²) in [6, 6.07) is 2.02. The zero-order valence-corrected chi connectivity index (χ0v) is 12.3. The highest BCUT2D eigenvalue weighted by Gasteiger charge is 2.10. The van der Waals surface area contributed by atoms with Crippen LogP contribution in [0, 0.1) is 3.57 Å². The van der Waals surface area contributed by atoms with Gasteiger partial charge in [-0.15, -0.1) is 0 Å². The molecule has 0 N–H and O–H groups in total. The van der Waals surface area contributed by atoms with Gasteiger partial charge in [0.2, 0.25) is 5.88 Å². The summed E-state index contributed by atoms with van der Waals surface area (Å²) in [5, 5.41) is 0. The number of nitrogens with zero attached hydrogens (tertiary/aromatic N) is 2. The van der Waals surface area contributed by atoms with Gasteiger partial charge in [0.05, 0.1) is 7.11 Å². The molecule has 4 heteroatoms. The molecular weight excluding hydrogens is 315 g/mol. The van der Waals surface area contributed by atoms with Crippen molar-refractivity contribution in [3.8, 4) is 5.88 Å². The molecule has 0 aliphatic carbocycles. The lowest BCUT2D eigenvalue weighted by molar-refractivity contribution is 0.308. The number of methoxy groups -OCH3 is 1. The van der Waals surface area contributed by atoms with Gasteiger partial charge in [-0.1, -0.05) is 13.3 Å². The Hall–Kier alpha value is -0.360. The number of aromatic nitrogens is 1. The van der Waals surface area contributed by atoms with Crippen LogP contribution < -0.4 is 4.74 Å². The van der Waals surface area contributed by atoms with Crippen LogP contribution in [0.25, 0.3) is 0 Å². The number of halogens is 1. The van der Waals surface area contributed by atoms with Crippen molar-refractivity contribution in [3.63, 3.8) is 0 Å². The van der Waals surface area contributed by atoms with Crippen LogP contribution in [0.3, 0.4) is 0 Å². The molecule has 0 aromatic carbocycles. The minimum atomic E-state index is 0.746. The third-order valence-corrected chi connectivity index (χ3v) is 3.48. The zero-order valence-electron chi connectivity index (χ0n) is 10.2. The first-order valence-corrected chi connectivity index (χ1v) is 6.62. The molecule has 0 spiro atoms. The largest absolute Gasteiger partial charge is 0.481 e. The van der Waals surface area contributed by atoms with Crippen molar-refractivity contribution in [3.05, 3.63) is 21.4 Å². The second-order valence-corrected chi connectivity index (χ2v) is 5.03. The predicted molar refractivity (Wildman–Crippen MR) is 74.7 cm³/mol. The third-order valence-electron chi connectivity index (χ3n) is 2.47. The maximum absolute atomic E-state index is 5.29. The highest BCUT2D eigenvalue weighted by molar-refractivity contribution is 14.1. The lowest BCUT2D eigenvalue weighted by atomic mass is 10.2. The summed E-state index contributed by atoms with van der Waals surface area (Å²) in [6.45, 7) is 4.22. The Balaban J connectivity index is 2.71. The van der Waals surface area contributed by atoms with E-state index in [1.54, 1.807) is 13.3 Å². The van der Waals surface area contributed by atoms with Gasteiger partial charge in [-0.2, -0.15) is 0 Å². The van der Waals surface area contributed by atoms with Gasteiger partial charge in [0, 0.05) is 21.9 Å². The van der Waals surface area contributed by atoms with Crippen LogP contribution in [0.1, 0.15) is 25.3 Å². The van der Waals surface area contributed by atoms with E-state index in [9.17, 15) is 0 Å². The topological polar surface area (TPSA) is 25.4 Å². The van der Waals surface area contributed by atoms with Crippen LogP contribution in [-0.4, -0.2) is 30.6 Å². The minimum Gasteiger partial charge on any atom is -0.481 e. The molecule has 3 nitrogen and oxygen atoms in total. The second-order valence-electron chi connectivity index (χ2n) is 3.87. The molecular formula is C12H19IN2O. The van der Waals surface area contributed by atoms with Crippen LogP contribution in [0.2, 0.25) is 0 Å². The van der Waals surface area contributed by atoms with E-state index in [-0.39, 0.29) is 0 Å². The Kier molecular flexibility index (Phi) is 6.05. The zero-order chi connectivity index (χ0) is 12.0. The highest BCUT2D eigenvalue weighted by atomic mass is 127. The Morgan fingerprint density at radius 2 is 2.25 bits per heavy atom. The molecule has 1 heterocycles. The van der Waals surface area contributed by atoms with Gasteiger partial charge in [0.1, 0.15) is 0 Å². The van der Waals surface area contributed by atoms with Gasteiger partial charge in [0.25, 0.3) is 0 Å². The predicted octanol–water partition coefficient (Wildman–Crippen LogP) is 2.93. The number of hydrogen-bond donors (Lipinski definition) is 0. The molecule has 0 fully saturated rings. The minimum absolute atomic E-state index is 0.746. The van der Waals surface area contributed by atoms with Crippen molar-refractivity contribution in [2.75, 3.05) is 20.7 Å². The molecule has 0 amide bonds. The molecule has 0 aliphatic rings. The average Bonchev–Trinajstić information content (AvgIpc) is 2.29. The highest BCUT2D eigenvalue weighted by Crippen LogP contribution is 2.22. The van der Waals surface area contributed by atoms with Crippen LogP contribution >= 0.6 is 22.6 Å². The molecule has 0 atom stereocenters. The Morgan fingerprint density at radius 1 is 1.50 bits per heavy atom. The number of hydrogen-bond acceptors (Lipinski definition) is 3. The fourth-order valence-electron chi connectivity index (χ4n) is 1.55. The summed E-state index contributed by atoms with van der Waals surface area (Å²) >= 11 is 2.33. The van der Waals surface area contributed by atoms with Crippen molar-refractivity contribution in [1.29, 1.82) is 0 Å². The second kappa shape index (κ2) is 7.06. The van der Waals surface area contributed by atoms with Crippen LogP contribution in [0.4, 0.5) is 0 Å². The summed E-state index contributed by atoms with van der Waals surface area (Å²) in [5.41, 5.74) is 1.18. The number of pyridine rings is 1. The van der Waals surface area contributed by atoms with Gasteiger partial charge >= 0.3 is 0 Å². The molecule has 1 aromatic rings. The van der Waals surface area contributed by atoms with E-state index >= 15 is 0 Å². The molecule has 0 bridgehead atoms. The molecule has 0 saturated carbocycles. The van der Waals surface area contributed by atoms with Gasteiger partial charge in [0.15, 0.2) is 0 Å². The molecule has 0 saturated heterocycles. The van der Waals surface area contributed by atoms with E-state index in [0.29, 0.717) is 0 Å².